The molecule has 1 aromatic heterocycles. The second-order valence-corrected chi connectivity index (χ2v) is 9.26. The molecule has 2 unspecified atom stereocenters. The van der Waals surface area contributed by atoms with Crippen LogP contribution in [-0.4, -0.2) is 31.7 Å². The fourth-order valence-electron chi connectivity index (χ4n) is 2.93. The van der Waals surface area contributed by atoms with Crippen LogP contribution in [0.5, 0.6) is 0 Å². The Balaban J connectivity index is 1.70. The molecule has 0 spiro atoms. The molecule has 1 fully saturated rings. The number of hydrogen-bond donors (Lipinski definition) is 1. The van der Waals surface area contributed by atoms with Gasteiger partial charge in [0.1, 0.15) is 0 Å². The van der Waals surface area contributed by atoms with Crippen LogP contribution in [0.15, 0.2) is 46.0 Å². The Hall–Kier alpha value is -1.90. The molecule has 3 rings (SSSR count). The molecule has 6 nitrogen and oxygen atoms in total. The summed E-state index contributed by atoms with van der Waals surface area (Å²) in [6.45, 7) is 2.06. The molecule has 2 heterocycles. The highest BCUT2D eigenvalue weighted by Crippen LogP contribution is 2.30. The zero-order valence-electron chi connectivity index (χ0n) is 13.9. The number of nitrogens with one attached hydrogen (secondary N) is 1. The lowest BCUT2D eigenvalue weighted by molar-refractivity contribution is -0.130. The molecule has 1 saturated heterocycles. The van der Waals surface area contributed by atoms with Crippen LogP contribution in [0.3, 0.4) is 0 Å². The largest absolute Gasteiger partial charge is 0.335 e. The van der Waals surface area contributed by atoms with Crippen molar-refractivity contribution in [1.29, 1.82) is 0 Å². The molecule has 0 bridgehead atoms. The van der Waals surface area contributed by atoms with Crippen LogP contribution in [0.1, 0.15) is 24.9 Å². The Bertz CT molecular complexity index is 927. The first-order valence-electron chi connectivity index (χ1n) is 7.93. The summed E-state index contributed by atoms with van der Waals surface area (Å²) in [5.41, 5.74) is 0.958. The normalized spacial score (nSPS) is 18.8. The molecule has 0 aliphatic carbocycles. The van der Waals surface area contributed by atoms with E-state index in [1.807, 2.05) is 42.0 Å². The van der Waals surface area contributed by atoms with Gasteiger partial charge in [-0.1, -0.05) is 41.9 Å². The van der Waals surface area contributed by atoms with E-state index < -0.39 is 21.8 Å². The van der Waals surface area contributed by atoms with Crippen LogP contribution in [0.4, 0.5) is 0 Å². The van der Waals surface area contributed by atoms with Crippen molar-refractivity contribution in [2.75, 3.05) is 6.54 Å². The second kappa shape index (κ2) is 7.38. The molecule has 2 aromatic rings. The monoisotopic (exact) mass is 412 g/mol. The highest BCUT2D eigenvalue weighted by atomic mass is 35.5. The minimum atomic E-state index is -4.03. The van der Waals surface area contributed by atoms with Crippen molar-refractivity contribution in [3.05, 3.63) is 52.4 Å². The molecule has 138 valence electrons. The molecular weight excluding hydrogens is 396 g/mol. The van der Waals surface area contributed by atoms with E-state index in [0.717, 1.165) is 16.9 Å². The number of benzene rings is 1. The summed E-state index contributed by atoms with van der Waals surface area (Å²) in [5.74, 6) is -1.58. The van der Waals surface area contributed by atoms with Gasteiger partial charge in [-0.2, -0.15) is 0 Å². The minimum Gasteiger partial charge on any atom is -0.335 e. The molecule has 2 atom stereocenters. The predicted octanol–water partition coefficient (Wildman–Crippen LogP) is 2.82. The molecule has 0 saturated carbocycles. The van der Waals surface area contributed by atoms with Crippen molar-refractivity contribution in [1.82, 2.24) is 9.62 Å². The molecule has 26 heavy (non-hydrogen) atoms. The van der Waals surface area contributed by atoms with Crippen LogP contribution in [0.25, 0.3) is 0 Å². The summed E-state index contributed by atoms with van der Waals surface area (Å²) in [5, 5.41) is 1.60. The fourth-order valence-corrected chi connectivity index (χ4v) is 5.66. The standard InChI is InChI=1S/C17H17ClN2O4S2/c1-11(12-5-3-2-4-6-12)20-10-13(9-15(20)21)16(22)19-26(23,24)17-14(18)7-8-25-17/h2-8,11,13H,9-10H2,1H3,(H,19,22). The predicted molar refractivity (Wildman–Crippen MR) is 99.3 cm³/mol. The van der Waals surface area contributed by atoms with Crippen LogP contribution in [0.2, 0.25) is 5.02 Å². The maximum absolute atomic E-state index is 12.4. The van der Waals surface area contributed by atoms with Gasteiger partial charge in [-0.3, -0.25) is 9.59 Å². The number of amides is 2. The van der Waals surface area contributed by atoms with E-state index in [1.165, 1.54) is 11.4 Å². The Morgan fingerprint density at radius 2 is 2.00 bits per heavy atom. The van der Waals surface area contributed by atoms with Crippen molar-refractivity contribution in [3.63, 3.8) is 0 Å². The molecule has 1 aliphatic rings. The number of halogens is 1. The zero-order valence-corrected chi connectivity index (χ0v) is 16.3. The van der Waals surface area contributed by atoms with Gasteiger partial charge < -0.3 is 4.90 Å². The van der Waals surface area contributed by atoms with E-state index in [2.05, 4.69) is 0 Å². The number of nitrogens with zero attached hydrogens (tertiary/aromatic N) is 1. The van der Waals surface area contributed by atoms with Gasteiger partial charge in [0.25, 0.3) is 10.0 Å². The molecule has 1 aliphatic heterocycles. The van der Waals surface area contributed by atoms with Crippen molar-refractivity contribution in [2.45, 2.75) is 23.6 Å². The maximum Gasteiger partial charge on any atom is 0.275 e. The van der Waals surface area contributed by atoms with Gasteiger partial charge in [0, 0.05) is 13.0 Å². The second-order valence-electron chi connectivity index (χ2n) is 6.06. The van der Waals surface area contributed by atoms with Crippen molar-refractivity contribution < 1.29 is 18.0 Å². The minimum absolute atomic E-state index is 0.0172. The van der Waals surface area contributed by atoms with Gasteiger partial charge in [0.15, 0.2) is 4.21 Å². The third kappa shape index (κ3) is 3.77. The smallest absolute Gasteiger partial charge is 0.275 e. The molecule has 9 heteroatoms. The van der Waals surface area contributed by atoms with Crippen molar-refractivity contribution in [3.8, 4) is 0 Å². The summed E-state index contributed by atoms with van der Waals surface area (Å²) >= 11 is 6.77. The fraction of sp³-hybridized carbons (Fsp3) is 0.294. The lowest BCUT2D eigenvalue weighted by Gasteiger charge is -2.25. The SMILES string of the molecule is CC(c1ccccc1)N1CC(C(=O)NS(=O)(=O)c2sccc2Cl)CC1=O. The first-order chi connectivity index (χ1) is 12.3. The first kappa shape index (κ1) is 18.9. The van der Waals surface area contributed by atoms with Crippen LogP contribution in [-0.2, 0) is 19.6 Å². The maximum atomic E-state index is 12.4. The van der Waals surface area contributed by atoms with Crippen molar-refractivity contribution >= 4 is 44.8 Å². The van der Waals surface area contributed by atoms with Crippen LogP contribution >= 0.6 is 22.9 Å². The Labute approximate surface area is 160 Å². The number of rotatable bonds is 5. The number of thiophene rings is 1. The average Bonchev–Trinajstić information content (AvgIpc) is 3.21. The van der Waals surface area contributed by atoms with Gasteiger partial charge in [0.05, 0.1) is 17.0 Å². The summed E-state index contributed by atoms with van der Waals surface area (Å²) in [7, 11) is -4.03. The van der Waals surface area contributed by atoms with E-state index in [4.69, 9.17) is 11.6 Å². The Morgan fingerprint density at radius 3 is 2.62 bits per heavy atom. The van der Waals surface area contributed by atoms with E-state index in [0.29, 0.717) is 0 Å². The van der Waals surface area contributed by atoms with E-state index >= 15 is 0 Å². The quantitative estimate of drug-likeness (QED) is 0.818. The topological polar surface area (TPSA) is 83.6 Å². The van der Waals surface area contributed by atoms with Gasteiger partial charge in [0.2, 0.25) is 11.8 Å². The lowest BCUT2D eigenvalue weighted by Crippen LogP contribution is -2.37. The summed E-state index contributed by atoms with van der Waals surface area (Å²) in [6, 6.07) is 10.7. The first-order valence-corrected chi connectivity index (χ1v) is 10.7. The Morgan fingerprint density at radius 1 is 1.31 bits per heavy atom. The summed E-state index contributed by atoms with van der Waals surface area (Å²) in [6.07, 6.45) is -0.0172. The van der Waals surface area contributed by atoms with Crippen molar-refractivity contribution in [2.24, 2.45) is 5.92 Å². The summed E-state index contributed by atoms with van der Waals surface area (Å²) in [4.78, 5) is 26.3. The number of hydrogen-bond acceptors (Lipinski definition) is 5. The molecular formula is C17H17ClN2O4S2. The summed E-state index contributed by atoms with van der Waals surface area (Å²) < 4.78 is 26.5. The Kier molecular flexibility index (Phi) is 5.36. The zero-order chi connectivity index (χ0) is 18.9. The number of carbonyl (C=O) groups excluding carboxylic acids is 2. The van der Waals surface area contributed by atoms with E-state index in [9.17, 15) is 18.0 Å². The molecule has 2 amide bonds. The number of sulfonamides is 1. The number of likely N-dealkylation sites (tertiary alicyclic amines) is 1. The van der Waals surface area contributed by atoms with Crippen LogP contribution in [0, 0.1) is 5.92 Å². The molecule has 1 N–H and O–H groups in total. The highest BCUT2D eigenvalue weighted by Gasteiger charge is 2.38. The molecule has 1 aromatic carbocycles. The third-order valence-corrected chi connectivity index (χ3v) is 7.71. The average molecular weight is 413 g/mol. The van der Waals surface area contributed by atoms with Crippen LogP contribution < -0.4 is 4.72 Å². The van der Waals surface area contributed by atoms with E-state index in [-0.39, 0.29) is 34.1 Å². The van der Waals surface area contributed by atoms with E-state index in [1.54, 1.807) is 4.90 Å². The highest BCUT2D eigenvalue weighted by molar-refractivity contribution is 7.92. The van der Waals surface area contributed by atoms with Gasteiger partial charge in [-0.05, 0) is 23.9 Å². The van der Waals surface area contributed by atoms with Gasteiger partial charge >= 0.3 is 0 Å². The third-order valence-electron chi connectivity index (χ3n) is 4.34. The lowest BCUT2D eigenvalue weighted by atomic mass is 10.1. The molecule has 0 radical (unpaired) electrons. The van der Waals surface area contributed by atoms with Gasteiger partial charge in [-0.15, -0.1) is 11.3 Å². The van der Waals surface area contributed by atoms with Gasteiger partial charge in [-0.25, -0.2) is 13.1 Å². The number of carbonyl (C=O) groups is 2.